The third-order valence-electron chi connectivity index (χ3n) is 11.4. The van der Waals surface area contributed by atoms with Crippen LogP contribution in [0.3, 0.4) is 0 Å². The minimum absolute atomic E-state index is 0.00870. The molecule has 3 saturated carbocycles. The van der Waals surface area contributed by atoms with Gasteiger partial charge in [-0.3, -0.25) is 14.4 Å². The van der Waals surface area contributed by atoms with Crippen molar-refractivity contribution in [1.82, 2.24) is 0 Å². The Morgan fingerprint density at radius 1 is 1.17 bits per heavy atom. The second-order valence-corrected chi connectivity index (χ2v) is 13.6. The molecule has 0 unspecified atom stereocenters. The predicted molar refractivity (Wildman–Crippen MR) is 138 cm³/mol. The number of hydrogen-bond donors (Lipinski definition) is 2. The maximum Gasteiger partial charge on any atom is 0.335 e. The van der Waals surface area contributed by atoms with E-state index < -0.39 is 93.3 Å². The van der Waals surface area contributed by atoms with E-state index in [1.165, 1.54) is 6.26 Å². The molecule has 1 aromatic rings. The highest BCUT2D eigenvalue weighted by atomic mass is 16.6. The molecule has 11 nitrogen and oxygen atoms in total. The number of carbonyl (C=O) groups excluding carboxylic acids is 4. The maximum atomic E-state index is 14.6. The van der Waals surface area contributed by atoms with Crippen LogP contribution in [0.15, 0.2) is 23.0 Å². The first-order valence-electron chi connectivity index (χ1n) is 14.3. The van der Waals surface area contributed by atoms with Crippen LogP contribution in [0.2, 0.25) is 0 Å². The van der Waals surface area contributed by atoms with Crippen LogP contribution in [0.4, 0.5) is 0 Å². The average molecular weight is 575 g/mol. The number of hydrogen-bond acceptors (Lipinski definition) is 11. The van der Waals surface area contributed by atoms with Gasteiger partial charge in [0.05, 0.1) is 26.1 Å². The van der Waals surface area contributed by atoms with E-state index in [-0.39, 0.29) is 12.8 Å². The molecule has 2 aliphatic heterocycles. The number of aliphatic hydroxyl groups is 2. The molecule has 2 saturated heterocycles. The fourth-order valence-electron chi connectivity index (χ4n) is 9.85. The van der Waals surface area contributed by atoms with Crippen molar-refractivity contribution >= 4 is 23.7 Å². The van der Waals surface area contributed by atoms with Gasteiger partial charge in [0.2, 0.25) is 0 Å². The normalized spacial score (nSPS) is 46.2. The van der Waals surface area contributed by atoms with Crippen molar-refractivity contribution in [2.24, 2.45) is 34.0 Å². The first-order valence-corrected chi connectivity index (χ1v) is 14.3. The summed E-state index contributed by atoms with van der Waals surface area (Å²) >= 11 is 0. The van der Waals surface area contributed by atoms with Crippen molar-refractivity contribution < 1.29 is 52.8 Å². The summed E-state index contributed by atoms with van der Waals surface area (Å²) in [6.07, 6.45) is -0.897. The van der Waals surface area contributed by atoms with Crippen molar-refractivity contribution in [2.45, 2.75) is 95.9 Å². The number of furan rings is 1. The quantitative estimate of drug-likeness (QED) is 0.301. The van der Waals surface area contributed by atoms with E-state index in [1.807, 2.05) is 6.92 Å². The van der Waals surface area contributed by atoms with Crippen LogP contribution in [0, 0.1) is 34.0 Å². The second-order valence-electron chi connectivity index (χ2n) is 13.6. The third kappa shape index (κ3) is 3.25. The number of rotatable bonds is 5. The summed E-state index contributed by atoms with van der Waals surface area (Å²) < 4.78 is 28.5. The highest BCUT2D eigenvalue weighted by molar-refractivity contribution is 5.99. The summed E-state index contributed by atoms with van der Waals surface area (Å²) in [7, 11) is 1.15. The largest absolute Gasteiger partial charge is 0.472 e. The van der Waals surface area contributed by atoms with Gasteiger partial charge in [-0.2, -0.15) is 0 Å². The van der Waals surface area contributed by atoms with Crippen molar-refractivity contribution in [3.8, 4) is 0 Å². The van der Waals surface area contributed by atoms with Crippen LogP contribution in [0.5, 0.6) is 0 Å². The Balaban J connectivity index is 1.55. The van der Waals surface area contributed by atoms with E-state index in [0.29, 0.717) is 18.4 Å². The van der Waals surface area contributed by atoms with E-state index >= 15 is 0 Å². The lowest BCUT2D eigenvalue weighted by atomic mass is 9.36. The maximum absolute atomic E-state index is 14.6. The molecular weight excluding hydrogens is 536 g/mol. The standard InChI is InChI=1S/C30H38O11/c1-7-17(31)40-24-26(2,3)20(19(33)22(34)37-6)28(5)15-8-10-27(4)16(30(15)25(41-30)29(24,36)23(28)35)12-18(32)39-21(27)14-9-11-38-13-14/h9,11,13,15-16,19-21,24-25,33,36H,7-8,10,12H2,1-6H3/t15-,16-,19+,20-,21-,24+,25-,27-,28+,29+,30+/m0/s1. The number of epoxide rings is 1. The van der Waals surface area contributed by atoms with Gasteiger partial charge in [0, 0.05) is 46.0 Å². The summed E-state index contributed by atoms with van der Waals surface area (Å²) in [5.41, 5.74) is -6.17. The Morgan fingerprint density at radius 2 is 1.88 bits per heavy atom. The first kappa shape index (κ1) is 28.4. The van der Waals surface area contributed by atoms with Gasteiger partial charge >= 0.3 is 17.9 Å². The van der Waals surface area contributed by atoms with Crippen molar-refractivity contribution in [1.29, 1.82) is 0 Å². The lowest BCUT2D eigenvalue weighted by molar-refractivity contribution is -0.260. The topological polar surface area (TPSA) is 162 Å². The van der Waals surface area contributed by atoms with Gasteiger partial charge in [-0.15, -0.1) is 0 Å². The molecule has 5 aliphatic rings. The summed E-state index contributed by atoms with van der Waals surface area (Å²) in [6, 6.07) is 1.75. The summed E-state index contributed by atoms with van der Waals surface area (Å²) in [5, 5.41) is 24.0. The van der Waals surface area contributed by atoms with Gasteiger partial charge < -0.3 is 33.6 Å². The zero-order valence-electron chi connectivity index (χ0n) is 24.2. The molecule has 3 aliphatic carbocycles. The highest BCUT2D eigenvalue weighted by Gasteiger charge is 2.91. The Kier molecular flexibility index (Phi) is 5.98. The Hall–Kier alpha value is -2.76. The van der Waals surface area contributed by atoms with Gasteiger partial charge in [-0.25, -0.2) is 4.79 Å². The van der Waals surface area contributed by atoms with Crippen LogP contribution >= 0.6 is 0 Å². The number of carbonyl (C=O) groups is 4. The number of aliphatic hydroxyl groups excluding tert-OH is 1. The molecule has 2 bridgehead atoms. The molecule has 1 spiro atoms. The molecule has 0 radical (unpaired) electrons. The van der Waals surface area contributed by atoms with Crippen LogP contribution in [-0.2, 0) is 38.1 Å². The molecule has 11 heteroatoms. The van der Waals surface area contributed by atoms with Crippen LogP contribution in [0.25, 0.3) is 0 Å². The fourth-order valence-corrected chi connectivity index (χ4v) is 9.85. The Labute approximate surface area is 237 Å². The van der Waals surface area contributed by atoms with E-state index in [0.717, 1.165) is 7.11 Å². The Morgan fingerprint density at radius 3 is 2.49 bits per heavy atom. The first-order chi connectivity index (χ1) is 19.2. The number of esters is 3. The highest BCUT2D eigenvalue weighted by Crippen LogP contribution is 2.78. The molecule has 2 N–H and O–H groups in total. The predicted octanol–water partition coefficient (Wildman–Crippen LogP) is 2.27. The average Bonchev–Trinajstić information content (AvgIpc) is 3.41. The van der Waals surface area contributed by atoms with E-state index in [4.69, 9.17) is 23.4 Å². The SMILES string of the molecule is CCC(=O)O[C@@H]1C(C)(C)[C@H]([C@@H](O)C(=O)OC)[C@]2(C)C(=O)[C@]1(O)[C@@H]1O[C@]13[C@H]1CC(=O)O[C@@H](c4ccoc4)[C@@]1(C)CC[C@@H]23. The lowest BCUT2D eigenvalue weighted by Gasteiger charge is -2.67. The number of methoxy groups -OCH3 is 1. The second kappa shape index (κ2) is 8.64. The van der Waals surface area contributed by atoms with Crippen molar-refractivity contribution in [3.63, 3.8) is 0 Å². The van der Waals surface area contributed by atoms with E-state index in [9.17, 15) is 29.4 Å². The molecule has 0 aromatic carbocycles. The van der Waals surface area contributed by atoms with Crippen molar-refractivity contribution in [3.05, 3.63) is 24.2 Å². The minimum Gasteiger partial charge on any atom is -0.472 e. The molecule has 6 rings (SSSR count). The smallest absolute Gasteiger partial charge is 0.335 e. The summed E-state index contributed by atoms with van der Waals surface area (Å²) in [4.78, 5) is 53.3. The molecule has 0 amide bonds. The van der Waals surface area contributed by atoms with E-state index in [1.54, 1.807) is 40.0 Å². The van der Waals surface area contributed by atoms with Crippen LogP contribution in [-0.4, -0.2) is 70.5 Å². The number of fused-ring (bicyclic) bond motifs is 5. The summed E-state index contributed by atoms with van der Waals surface area (Å²) in [6.45, 7) is 8.64. The molecule has 41 heavy (non-hydrogen) atoms. The van der Waals surface area contributed by atoms with E-state index in [2.05, 4.69) is 0 Å². The fraction of sp³-hybridized carbons (Fsp3) is 0.733. The zero-order chi connectivity index (χ0) is 29.9. The third-order valence-corrected chi connectivity index (χ3v) is 11.4. The van der Waals surface area contributed by atoms with Gasteiger partial charge in [0.15, 0.2) is 17.5 Å². The number of cyclic esters (lactones) is 1. The van der Waals surface area contributed by atoms with Crippen LogP contribution < -0.4 is 0 Å². The molecular formula is C30H38O11. The minimum atomic E-state index is -2.28. The molecule has 224 valence electrons. The number of ether oxygens (including phenoxy) is 4. The molecule has 11 atom stereocenters. The summed E-state index contributed by atoms with van der Waals surface area (Å²) in [5.74, 6) is -4.82. The van der Waals surface area contributed by atoms with Gasteiger partial charge in [-0.05, 0) is 18.9 Å². The lowest BCUT2D eigenvalue weighted by Crippen LogP contribution is -2.81. The molecule has 3 heterocycles. The molecule has 1 aromatic heterocycles. The van der Waals surface area contributed by atoms with Crippen LogP contribution in [0.1, 0.15) is 72.0 Å². The van der Waals surface area contributed by atoms with Gasteiger partial charge in [-0.1, -0.05) is 34.6 Å². The molecule has 5 fully saturated rings. The van der Waals surface area contributed by atoms with Crippen molar-refractivity contribution in [2.75, 3.05) is 7.11 Å². The monoisotopic (exact) mass is 574 g/mol. The van der Waals surface area contributed by atoms with Gasteiger partial charge in [0.1, 0.15) is 23.9 Å². The number of ketones is 1. The Bertz CT molecular complexity index is 1300. The zero-order valence-corrected chi connectivity index (χ0v) is 24.2. The number of Topliss-reactive ketones (excluding diaryl/α,β-unsaturated/α-hetero) is 1. The van der Waals surface area contributed by atoms with Gasteiger partial charge in [0.25, 0.3) is 0 Å².